The predicted molar refractivity (Wildman–Crippen MR) is 65.9 cm³/mol. The highest BCUT2D eigenvalue weighted by atomic mass is 32.1. The topological polar surface area (TPSA) is 26.3 Å². The molecule has 1 aromatic carbocycles. The van der Waals surface area contributed by atoms with E-state index in [1.807, 2.05) is 0 Å². The van der Waals surface area contributed by atoms with Crippen LogP contribution in [0.25, 0.3) is 0 Å². The van der Waals surface area contributed by atoms with Gasteiger partial charge in [0.15, 0.2) is 0 Å². The molecule has 0 atom stereocenters. The van der Waals surface area contributed by atoms with Crippen molar-refractivity contribution in [1.29, 1.82) is 0 Å². The maximum atomic E-state index is 13.0. The molecule has 0 N–H and O–H groups in total. The summed E-state index contributed by atoms with van der Waals surface area (Å²) in [6.45, 7) is 0. The smallest absolute Gasteiger partial charge is 0.338 e. The molecule has 1 aliphatic rings. The van der Waals surface area contributed by atoms with Crippen molar-refractivity contribution in [2.45, 2.75) is 43.1 Å². The molecular formula is C13H15FO2S. The highest BCUT2D eigenvalue weighted by Crippen LogP contribution is 2.22. The molecule has 0 aliphatic heterocycles. The van der Waals surface area contributed by atoms with Crippen LogP contribution in [0.2, 0.25) is 0 Å². The van der Waals surface area contributed by atoms with E-state index in [1.165, 1.54) is 24.6 Å². The van der Waals surface area contributed by atoms with Crippen molar-refractivity contribution < 1.29 is 13.9 Å². The van der Waals surface area contributed by atoms with Gasteiger partial charge in [0.2, 0.25) is 0 Å². The lowest BCUT2D eigenvalue weighted by Crippen LogP contribution is -2.20. The quantitative estimate of drug-likeness (QED) is 0.644. The van der Waals surface area contributed by atoms with Gasteiger partial charge in [0.25, 0.3) is 0 Å². The Bertz CT molecular complexity index is 414. The van der Waals surface area contributed by atoms with Gasteiger partial charge in [-0.1, -0.05) is 6.42 Å². The van der Waals surface area contributed by atoms with Gasteiger partial charge >= 0.3 is 5.97 Å². The van der Waals surface area contributed by atoms with Crippen LogP contribution < -0.4 is 0 Å². The Morgan fingerprint density at radius 1 is 1.29 bits per heavy atom. The van der Waals surface area contributed by atoms with E-state index in [9.17, 15) is 9.18 Å². The molecular weight excluding hydrogens is 239 g/mol. The third-order valence-electron chi connectivity index (χ3n) is 3.01. The maximum absolute atomic E-state index is 13.0. The van der Waals surface area contributed by atoms with Crippen LogP contribution in [0.4, 0.5) is 4.39 Å². The van der Waals surface area contributed by atoms with E-state index in [4.69, 9.17) is 4.74 Å². The third-order valence-corrected chi connectivity index (χ3v) is 3.35. The molecule has 1 aliphatic carbocycles. The Kier molecular flexibility index (Phi) is 4.05. The lowest BCUT2D eigenvalue weighted by Gasteiger charge is -2.21. The summed E-state index contributed by atoms with van der Waals surface area (Å²) in [5.41, 5.74) is 0.363. The Hall–Kier alpha value is -1.03. The Morgan fingerprint density at radius 3 is 2.65 bits per heavy atom. The average Bonchev–Trinajstić information content (AvgIpc) is 2.34. The summed E-state index contributed by atoms with van der Waals surface area (Å²) >= 11 is 3.95. The largest absolute Gasteiger partial charge is 0.459 e. The Balaban J connectivity index is 2.01. The normalized spacial score (nSPS) is 16.8. The van der Waals surface area contributed by atoms with Crippen LogP contribution in [0.3, 0.4) is 0 Å². The first-order chi connectivity index (χ1) is 8.16. The van der Waals surface area contributed by atoms with E-state index < -0.39 is 5.82 Å². The summed E-state index contributed by atoms with van der Waals surface area (Å²) in [5, 5.41) is 0. The van der Waals surface area contributed by atoms with E-state index in [0.29, 0.717) is 5.56 Å². The summed E-state index contributed by atoms with van der Waals surface area (Å²) in [6.07, 6.45) is 5.31. The van der Waals surface area contributed by atoms with Gasteiger partial charge in [0.1, 0.15) is 11.9 Å². The summed E-state index contributed by atoms with van der Waals surface area (Å²) in [4.78, 5) is 12.0. The number of hydrogen-bond donors (Lipinski definition) is 1. The average molecular weight is 254 g/mol. The van der Waals surface area contributed by atoms with Crippen molar-refractivity contribution in [2.75, 3.05) is 0 Å². The van der Waals surface area contributed by atoms with Crippen molar-refractivity contribution in [2.24, 2.45) is 0 Å². The molecule has 92 valence electrons. The van der Waals surface area contributed by atoms with Crippen LogP contribution in [0.5, 0.6) is 0 Å². The molecule has 0 bridgehead atoms. The maximum Gasteiger partial charge on any atom is 0.338 e. The molecule has 1 aromatic rings. The molecule has 0 spiro atoms. The van der Waals surface area contributed by atoms with Crippen molar-refractivity contribution in [3.8, 4) is 0 Å². The van der Waals surface area contributed by atoms with E-state index in [0.717, 1.165) is 25.7 Å². The first-order valence-corrected chi connectivity index (χ1v) is 6.31. The summed E-state index contributed by atoms with van der Waals surface area (Å²) in [6, 6.07) is 4.07. The number of halogens is 1. The highest BCUT2D eigenvalue weighted by molar-refractivity contribution is 7.80. The standard InChI is InChI=1S/C13H15FO2S/c14-11-7-6-9(8-12(11)17)13(15)16-10-4-2-1-3-5-10/h6-8,10,17H,1-5H2. The van der Waals surface area contributed by atoms with E-state index in [1.54, 1.807) is 0 Å². The zero-order valence-electron chi connectivity index (χ0n) is 9.49. The lowest BCUT2D eigenvalue weighted by molar-refractivity contribution is 0.0211. The van der Waals surface area contributed by atoms with Crippen LogP contribution in [0, 0.1) is 5.82 Å². The number of thiol groups is 1. The molecule has 0 unspecified atom stereocenters. The van der Waals surface area contributed by atoms with Crippen LogP contribution in [-0.2, 0) is 4.74 Å². The number of carbonyl (C=O) groups is 1. The number of hydrogen-bond acceptors (Lipinski definition) is 3. The minimum absolute atomic E-state index is 0.0182. The predicted octanol–water partition coefficient (Wildman–Crippen LogP) is 3.60. The van der Waals surface area contributed by atoms with Gasteiger partial charge in [-0.25, -0.2) is 9.18 Å². The Labute approximate surface area is 106 Å². The fraction of sp³-hybridized carbons (Fsp3) is 0.462. The second kappa shape index (κ2) is 5.54. The number of rotatable bonds is 2. The van der Waals surface area contributed by atoms with Crippen LogP contribution in [0.15, 0.2) is 23.1 Å². The van der Waals surface area contributed by atoms with Gasteiger partial charge in [0.05, 0.1) is 5.56 Å². The van der Waals surface area contributed by atoms with Crippen molar-refractivity contribution in [1.82, 2.24) is 0 Å². The number of carbonyl (C=O) groups excluding carboxylic acids is 1. The summed E-state index contributed by atoms with van der Waals surface area (Å²) in [5.74, 6) is -0.810. The summed E-state index contributed by atoms with van der Waals surface area (Å²) in [7, 11) is 0. The van der Waals surface area contributed by atoms with Gasteiger partial charge < -0.3 is 4.74 Å². The molecule has 2 rings (SSSR count). The van der Waals surface area contributed by atoms with Crippen molar-refractivity contribution >= 4 is 18.6 Å². The molecule has 0 saturated heterocycles. The van der Waals surface area contributed by atoms with Gasteiger partial charge in [-0.05, 0) is 43.9 Å². The van der Waals surface area contributed by atoms with Gasteiger partial charge in [0, 0.05) is 4.90 Å². The first kappa shape index (κ1) is 12.4. The van der Waals surface area contributed by atoms with Crippen LogP contribution in [-0.4, -0.2) is 12.1 Å². The number of ether oxygens (including phenoxy) is 1. The molecule has 0 aromatic heterocycles. The SMILES string of the molecule is O=C(OC1CCCCC1)c1ccc(F)c(S)c1. The van der Waals surface area contributed by atoms with Crippen molar-refractivity contribution in [3.05, 3.63) is 29.6 Å². The zero-order valence-corrected chi connectivity index (χ0v) is 10.4. The third kappa shape index (κ3) is 3.22. The molecule has 4 heteroatoms. The van der Waals surface area contributed by atoms with Gasteiger partial charge in [-0.3, -0.25) is 0 Å². The fourth-order valence-electron chi connectivity index (χ4n) is 2.04. The molecule has 0 amide bonds. The van der Waals surface area contributed by atoms with Crippen molar-refractivity contribution in [3.63, 3.8) is 0 Å². The van der Waals surface area contributed by atoms with Crippen LogP contribution >= 0.6 is 12.6 Å². The van der Waals surface area contributed by atoms with E-state index in [-0.39, 0.29) is 17.0 Å². The monoisotopic (exact) mass is 254 g/mol. The molecule has 1 fully saturated rings. The molecule has 0 heterocycles. The lowest BCUT2D eigenvalue weighted by atomic mass is 9.98. The molecule has 0 radical (unpaired) electrons. The molecule has 2 nitrogen and oxygen atoms in total. The molecule has 1 saturated carbocycles. The van der Waals surface area contributed by atoms with Gasteiger partial charge in [-0.2, -0.15) is 0 Å². The molecule has 17 heavy (non-hydrogen) atoms. The van der Waals surface area contributed by atoms with E-state index in [2.05, 4.69) is 12.6 Å². The number of benzene rings is 1. The summed E-state index contributed by atoms with van der Waals surface area (Å²) < 4.78 is 18.4. The van der Waals surface area contributed by atoms with Gasteiger partial charge in [-0.15, -0.1) is 12.6 Å². The number of esters is 1. The zero-order chi connectivity index (χ0) is 12.3. The fourth-order valence-corrected chi connectivity index (χ4v) is 2.26. The minimum atomic E-state index is -0.428. The second-order valence-corrected chi connectivity index (χ2v) is 4.81. The Morgan fingerprint density at radius 2 is 2.00 bits per heavy atom. The second-order valence-electron chi connectivity index (χ2n) is 4.33. The highest BCUT2D eigenvalue weighted by Gasteiger charge is 2.19. The first-order valence-electron chi connectivity index (χ1n) is 5.86. The van der Waals surface area contributed by atoms with E-state index >= 15 is 0 Å². The minimum Gasteiger partial charge on any atom is -0.459 e. The van der Waals surface area contributed by atoms with Crippen LogP contribution in [0.1, 0.15) is 42.5 Å².